The van der Waals surface area contributed by atoms with Crippen LogP contribution >= 0.6 is 0 Å². The summed E-state index contributed by atoms with van der Waals surface area (Å²) in [6.07, 6.45) is 2.45. The monoisotopic (exact) mass is 366 g/mol. The first-order chi connectivity index (χ1) is 11.5. The summed E-state index contributed by atoms with van der Waals surface area (Å²) < 4.78 is 32.8. The molecule has 7 nitrogen and oxygen atoms in total. The average Bonchev–Trinajstić information content (AvgIpc) is 2.59. The van der Waals surface area contributed by atoms with Gasteiger partial charge in [-0.15, -0.1) is 0 Å². The second-order valence-corrected chi connectivity index (χ2v) is 9.28. The molecule has 24 heavy (non-hydrogen) atoms. The van der Waals surface area contributed by atoms with Crippen molar-refractivity contribution in [3.63, 3.8) is 0 Å². The van der Waals surface area contributed by atoms with Crippen LogP contribution in [-0.4, -0.2) is 74.1 Å². The van der Waals surface area contributed by atoms with Gasteiger partial charge in [0.2, 0.25) is 0 Å². The van der Waals surface area contributed by atoms with Crippen LogP contribution in [0.5, 0.6) is 0 Å². The minimum Gasteiger partial charge on any atom is -0.390 e. The van der Waals surface area contributed by atoms with Crippen molar-refractivity contribution >= 4 is 8.80 Å². The standard InChI is InChI=1S/C16H34O7Si/c1-13(22-10-9-18-2)23-16-12-14(6-7-15(16)17)8-11-24(19-3,20-4)21-5/h13-17H,6-12H2,1-5H3. The summed E-state index contributed by atoms with van der Waals surface area (Å²) >= 11 is 0. The van der Waals surface area contributed by atoms with Crippen molar-refractivity contribution in [2.24, 2.45) is 5.92 Å². The molecule has 0 aromatic heterocycles. The maximum absolute atomic E-state index is 10.2. The van der Waals surface area contributed by atoms with Crippen molar-refractivity contribution < 1.29 is 32.6 Å². The van der Waals surface area contributed by atoms with Gasteiger partial charge in [-0.25, -0.2) is 0 Å². The molecule has 144 valence electrons. The van der Waals surface area contributed by atoms with E-state index in [2.05, 4.69) is 0 Å². The van der Waals surface area contributed by atoms with Crippen molar-refractivity contribution in [2.45, 2.75) is 57.1 Å². The van der Waals surface area contributed by atoms with Crippen LogP contribution in [0, 0.1) is 5.92 Å². The molecule has 1 fully saturated rings. The van der Waals surface area contributed by atoms with Crippen molar-refractivity contribution in [1.29, 1.82) is 0 Å². The van der Waals surface area contributed by atoms with Gasteiger partial charge in [0.05, 0.1) is 25.4 Å². The van der Waals surface area contributed by atoms with E-state index in [4.69, 9.17) is 27.5 Å². The van der Waals surface area contributed by atoms with E-state index in [-0.39, 0.29) is 12.4 Å². The van der Waals surface area contributed by atoms with Crippen LogP contribution in [0.2, 0.25) is 6.04 Å². The van der Waals surface area contributed by atoms with Gasteiger partial charge in [0.25, 0.3) is 0 Å². The molecule has 1 aliphatic carbocycles. The predicted molar refractivity (Wildman–Crippen MR) is 91.7 cm³/mol. The summed E-state index contributed by atoms with van der Waals surface area (Å²) in [5.74, 6) is 0.455. The highest BCUT2D eigenvalue weighted by atomic mass is 28.4. The van der Waals surface area contributed by atoms with Gasteiger partial charge in [-0.3, -0.25) is 0 Å². The Morgan fingerprint density at radius 1 is 1.04 bits per heavy atom. The fourth-order valence-corrected chi connectivity index (χ4v) is 5.00. The number of hydrogen-bond donors (Lipinski definition) is 1. The molecule has 1 aliphatic rings. The second kappa shape index (κ2) is 11.5. The molecule has 8 heteroatoms. The van der Waals surface area contributed by atoms with E-state index in [1.165, 1.54) is 0 Å². The first-order valence-corrected chi connectivity index (χ1v) is 10.5. The van der Waals surface area contributed by atoms with Gasteiger partial charge < -0.3 is 32.6 Å². The first-order valence-electron chi connectivity index (χ1n) is 8.59. The molecule has 1 saturated carbocycles. The van der Waals surface area contributed by atoms with Crippen molar-refractivity contribution in [3.8, 4) is 0 Å². The van der Waals surface area contributed by atoms with Gasteiger partial charge in [-0.1, -0.05) is 0 Å². The zero-order chi connectivity index (χ0) is 18.0. The Bertz CT molecular complexity index is 319. The van der Waals surface area contributed by atoms with Crippen molar-refractivity contribution in [3.05, 3.63) is 0 Å². The fraction of sp³-hybridized carbons (Fsp3) is 1.00. The molecule has 0 bridgehead atoms. The van der Waals surface area contributed by atoms with Crippen LogP contribution in [0.15, 0.2) is 0 Å². The van der Waals surface area contributed by atoms with Gasteiger partial charge in [-0.2, -0.15) is 0 Å². The van der Waals surface area contributed by atoms with E-state index in [1.54, 1.807) is 28.4 Å². The van der Waals surface area contributed by atoms with E-state index in [9.17, 15) is 5.11 Å². The number of ether oxygens (including phenoxy) is 3. The van der Waals surface area contributed by atoms with Crippen molar-refractivity contribution in [2.75, 3.05) is 41.7 Å². The highest BCUT2D eigenvalue weighted by Gasteiger charge is 2.39. The van der Waals surface area contributed by atoms with E-state index >= 15 is 0 Å². The lowest BCUT2D eigenvalue weighted by atomic mass is 9.84. The molecule has 0 radical (unpaired) electrons. The minimum absolute atomic E-state index is 0.204. The van der Waals surface area contributed by atoms with E-state index < -0.39 is 14.9 Å². The van der Waals surface area contributed by atoms with Crippen LogP contribution in [0.4, 0.5) is 0 Å². The zero-order valence-corrected chi connectivity index (χ0v) is 16.7. The first kappa shape index (κ1) is 22.0. The van der Waals surface area contributed by atoms with Crippen LogP contribution in [-0.2, 0) is 27.5 Å². The maximum Gasteiger partial charge on any atom is 0.500 e. The lowest BCUT2D eigenvalue weighted by molar-refractivity contribution is -0.197. The predicted octanol–water partition coefficient (Wildman–Crippen LogP) is 1.81. The second-order valence-electron chi connectivity index (χ2n) is 6.19. The number of hydrogen-bond acceptors (Lipinski definition) is 7. The van der Waals surface area contributed by atoms with Gasteiger partial charge in [-0.05, 0) is 38.5 Å². The molecule has 0 amide bonds. The van der Waals surface area contributed by atoms with Gasteiger partial charge in [0.15, 0.2) is 6.29 Å². The molecule has 4 unspecified atom stereocenters. The molecule has 0 aliphatic heterocycles. The van der Waals surface area contributed by atoms with Gasteiger partial charge in [0.1, 0.15) is 0 Å². The molecular weight excluding hydrogens is 332 g/mol. The summed E-state index contributed by atoms with van der Waals surface area (Å²) in [7, 11) is 4.00. The molecule has 0 saturated heterocycles. The Morgan fingerprint density at radius 3 is 2.29 bits per heavy atom. The molecule has 1 N–H and O–H groups in total. The normalized spacial score (nSPS) is 26.5. The third-order valence-corrected chi connectivity index (χ3v) is 7.43. The van der Waals surface area contributed by atoms with E-state index in [1.807, 2.05) is 6.92 Å². The van der Waals surface area contributed by atoms with Gasteiger partial charge >= 0.3 is 8.80 Å². The molecule has 1 rings (SSSR count). The lowest BCUT2D eigenvalue weighted by Crippen LogP contribution is -2.44. The average molecular weight is 367 g/mol. The smallest absolute Gasteiger partial charge is 0.390 e. The Labute approximate surface area is 146 Å². The van der Waals surface area contributed by atoms with E-state index in [0.29, 0.717) is 19.1 Å². The third kappa shape index (κ3) is 7.05. The largest absolute Gasteiger partial charge is 0.500 e. The van der Waals surface area contributed by atoms with Crippen molar-refractivity contribution in [1.82, 2.24) is 0 Å². The topological polar surface area (TPSA) is 75.6 Å². The number of methoxy groups -OCH3 is 1. The zero-order valence-electron chi connectivity index (χ0n) is 15.7. The van der Waals surface area contributed by atoms with Crippen LogP contribution in [0.25, 0.3) is 0 Å². The Balaban J connectivity index is 2.44. The fourth-order valence-electron chi connectivity index (χ4n) is 3.12. The Morgan fingerprint density at radius 2 is 1.71 bits per heavy atom. The minimum atomic E-state index is -2.54. The lowest BCUT2D eigenvalue weighted by Gasteiger charge is -2.35. The molecule has 0 heterocycles. The summed E-state index contributed by atoms with van der Waals surface area (Å²) in [6.45, 7) is 2.86. The SMILES string of the molecule is COCCOC(C)OC1CC(CC[Si](OC)(OC)OC)CCC1O. The molecular formula is C16H34O7Si. The van der Waals surface area contributed by atoms with Crippen LogP contribution in [0.3, 0.4) is 0 Å². The summed E-state index contributed by atoms with van der Waals surface area (Å²) in [5.41, 5.74) is 0. The van der Waals surface area contributed by atoms with E-state index in [0.717, 1.165) is 31.7 Å². The summed E-state index contributed by atoms with van der Waals surface area (Å²) in [6, 6.07) is 0.768. The van der Waals surface area contributed by atoms with Crippen LogP contribution in [0.1, 0.15) is 32.6 Å². The summed E-state index contributed by atoms with van der Waals surface area (Å²) in [5, 5.41) is 10.2. The molecule has 0 spiro atoms. The number of aliphatic hydroxyl groups excluding tert-OH is 1. The molecule has 4 atom stereocenters. The number of aliphatic hydroxyl groups is 1. The molecule has 0 aromatic carbocycles. The van der Waals surface area contributed by atoms with Gasteiger partial charge in [0, 0.05) is 34.5 Å². The highest BCUT2D eigenvalue weighted by molar-refractivity contribution is 6.60. The molecule has 0 aromatic rings. The Kier molecular flexibility index (Phi) is 10.6. The number of rotatable bonds is 12. The quantitative estimate of drug-likeness (QED) is 0.321. The maximum atomic E-state index is 10.2. The van der Waals surface area contributed by atoms with Crippen LogP contribution < -0.4 is 0 Å². The summed E-state index contributed by atoms with van der Waals surface area (Å²) in [4.78, 5) is 0. The Hall–Kier alpha value is -0.0631. The third-order valence-electron chi connectivity index (χ3n) is 4.66. The highest BCUT2D eigenvalue weighted by Crippen LogP contribution is 2.32.